The molecular weight excluding hydrogens is 338 g/mol. The van der Waals surface area contributed by atoms with Crippen LogP contribution >= 0.6 is 11.8 Å². The fourth-order valence-electron chi connectivity index (χ4n) is 2.95. The summed E-state index contributed by atoms with van der Waals surface area (Å²) < 4.78 is 6.58. The first-order valence-electron chi connectivity index (χ1n) is 8.34. The van der Waals surface area contributed by atoms with Crippen LogP contribution in [0.5, 0.6) is 5.75 Å². The second-order valence-electron chi connectivity index (χ2n) is 6.28. The average Bonchev–Trinajstić information content (AvgIpc) is 3.00. The van der Waals surface area contributed by atoms with Crippen LogP contribution in [0.3, 0.4) is 0 Å². The third-order valence-electron chi connectivity index (χ3n) is 4.35. The molecule has 1 aromatic heterocycles. The van der Waals surface area contributed by atoms with Crippen LogP contribution in [0.25, 0.3) is 11.4 Å². The number of rotatable bonds is 5. The number of methoxy groups -OCH3 is 1. The van der Waals surface area contributed by atoms with Gasteiger partial charge in [-0.15, -0.1) is 10.2 Å². The van der Waals surface area contributed by atoms with Gasteiger partial charge in [-0.25, -0.2) is 4.68 Å². The smallest absolute Gasteiger partial charge is 0.233 e. The molecule has 0 aliphatic carbocycles. The highest BCUT2D eigenvalue weighted by atomic mass is 32.2. The number of ether oxygens (including phenoxy) is 1. The summed E-state index contributed by atoms with van der Waals surface area (Å²) in [5.41, 5.74) is 0.846. The van der Waals surface area contributed by atoms with Crippen molar-refractivity contribution < 1.29 is 9.53 Å². The molecule has 2 aromatic rings. The second-order valence-corrected chi connectivity index (χ2v) is 7.22. The van der Waals surface area contributed by atoms with Gasteiger partial charge >= 0.3 is 0 Å². The van der Waals surface area contributed by atoms with E-state index in [0.29, 0.717) is 22.7 Å². The minimum atomic E-state index is 0.130. The van der Waals surface area contributed by atoms with Crippen LogP contribution < -0.4 is 10.6 Å². The highest BCUT2D eigenvalue weighted by Crippen LogP contribution is 2.24. The maximum Gasteiger partial charge on any atom is 0.233 e. The maximum absolute atomic E-state index is 12.4. The molecule has 0 radical (unpaired) electrons. The predicted molar refractivity (Wildman–Crippen MR) is 97.9 cm³/mol. The van der Waals surface area contributed by atoms with Crippen molar-refractivity contribution in [2.45, 2.75) is 24.9 Å². The Morgan fingerprint density at radius 1 is 1.36 bits per heavy atom. The van der Waals surface area contributed by atoms with Crippen LogP contribution in [-0.2, 0) is 4.79 Å². The summed E-state index contributed by atoms with van der Waals surface area (Å²) in [5, 5.41) is 8.79. The summed E-state index contributed by atoms with van der Waals surface area (Å²) in [6, 6.07) is 7.44. The SMILES string of the molecule is COc1ccc(-c2nnc(SCC(=O)N3CCC[C@@H](C)C3)n2N)cc1. The van der Waals surface area contributed by atoms with E-state index < -0.39 is 0 Å². The van der Waals surface area contributed by atoms with Crippen LogP contribution in [0, 0.1) is 5.92 Å². The van der Waals surface area contributed by atoms with E-state index >= 15 is 0 Å². The molecule has 2 N–H and O–H groups in total. The lowest BCUT2D eigenvalue weighted by atomic mass is 10.0. The molecule has 0 unspecified atom stereocenters. The number of carbonyl (C=O) groups is 1. The zero-order valence-corrected chi connectivity index (χ0v) is 15.3. The van der Waals surface area contributed by atoms with Gasteiger partial charge in [0.15, 0.2) is 5.82 Å². The molecule has 1 aliphatic rings. The van der Waals surface area contributed by atoms with Crippen LogP contribution in [0.2, 0.25) is 0 Å². The van der Waals surface area contributed by atoms with E-state index in [1.807, 2.05) is 29.2 Å². The fourth-order valence-corrected chi connectivity index (χ4v) is 3.71. The summed E-state index contributed by atoms with van der Waals surface area (Å²) in [4.78, 5) is 14.3. The highest BCUT2D eigenvalue weighted by Gasteiger charge is 2.22. The van der Waals surface area contributed by atoms with Gasteiger partial charge < -0.3 is 15.5 Å². The van der Waals surface area contributed by atoms with Crippen molar-refractivity contribution in [3.05, 3.63) is 24.3 Å². The monoisotopic (exact) mass is 361 g/mol. The van der Waals surface area contributed by atoms with E-state index in [0.717, 1.165) is 30.8 Å². The van der Waals surface area contributed by atoms with Crippen molar-refractivity contribution in [2.24, 2.45) is 5.92 Å². The molecule has 3 rings (SSSR count). The molecule has 0 spiro atoms. The fraction of sp³-hybridized carbons (Fsp3) is 0.471. The van der Waals surface area contributed by atoms with Crippen LogP contribution in [0.4, 0.5) is 0 Å². The van der Waals surface area contributed by atoms with Gasteiger partial charge in [0, 0.05) is 18.7 Å². The number of nitrogens with two attached hydrogens (primary N) is 1. The molecule has 1 amide bonds. The topological polar surface area (TPSA) is 86.3 Å². The van der Waals surface area contributed by atoms with Gasteiger partial charge in [0.2, 0.25) is 11.1 Å². The molecule has 0 saturated carbocycles. The minimum Gasteiger partial charge on any atom is -0.497 e. The third-order valence-corrected chi connectivity index (χ3v) is 5.28. The zero-order chi connectivity index (χ0) is 17.8. The van der Waals surface area contributed by atoms with Crippen molar-refractivity contribution in [3.8, 4) is 17.1 Å². The molecule has 2 heterocycles. The molecule has 7 nitrogen and oxygen atoms in total. The van der Waals surface area contributed by atoms with Crippen molar-refractivity contribution >= 4 is 17.7 Å². The van der Waals surface area contributed by atoms with Gasteiger partial charge in [-0.2, -0.15) is 0 Å². The van der Waals surface area contributed by atoms with Gasteiger partial charge in [-0.3, -0.25) is 4.79 Å². The predicted octanol–water partition coefficient (Wildman–Crippen LogP) is 2.02. The number of hydrogen-bond donors (Lipinski definition) is 1. The largest absolute Gasteiger partial charge is 0.497 e. The lowest BCUT2D eigenvalue weighted by Gasteiger charge is -2.30. The third kappa shape index (κ3) is 4.07. The number of aromatic nitrogens is 3. The molecule has 134 valence electrons. The number of nitrogen functional groups attached to an aromatic ring is 1. The van der Waals surface area contributed by atoms with E-state index in [9.17, 15) is 4.79 Å². The number of carbonyl (C=O) groups excluding carboxylic acids is 1. The van der Waals surface area contributed by atoms with Gasteiger partial charge in [0.05, 0.1) is 12.9 Å². The lowest BCUT2D eigenvalue weighted by Crippen LogP contribution is -2.40. The summed E-state index contributed by atoms with van der Waals surface area (Å²) in [5.74, 6) is 8.46. The minimum absolute atomic E-state index is 0.130. The first kappa shape index (κ1) is 17.6. The molecular formula is C17H23N5O2S. The summed E-state index contributed by atoms with van der Waals surface area (Å²) in [6.07, 6.45) is 2.27. The zero-order valence-electron chi connectivity index (χ0n) is 14.5. The van der Waals surface area contributed by atoms with E-state index in [4.69, 9.17) is 10.6 Å². The van der Waals surface area contributed by atoms with Crippen molar-refractivity contribution in [1.82, 2.24) is 19.8 Å². The highest BCUT2D eigenvalue weighted by molar-refractivity contribution is 7.99. The quantitative estimate of drug-likeness (QED) is 0.648. The normalized spacial score (nSPS) is 17.5. The van der Waals surface area contributed by atoms with Gasteiger partial charge in [0.25, 0.3) is 0 Å². The van der Waals surface area contributed by atoms with Crippen molar-refractivity contribution in [2.75, 3.05) is 31.8 Å². The number of nitrogens with zero attached hydrogens (tertiary/aromatic N) is 4. The molecule has 25 heavy (non-hydrogen) atoms. The van der Waals surface area contributed by atoms with Gasteiger partial charge in [-0.1, -0.05) is 18.7 Å². The van der Waals surface area contributed by atoms with Gasteiger partial charge in [-0.05, 0) is 43.0 Å². The van der Waals surface area contributed by atoms with Crippen LogP contribution in [-0.4, -0.2) is 51.6 Å². The first-order valence-corrected chi connectivity index (χ1v) is 9.32. The standard InChI is InChI=1S/C17H23N5O2S/c1-12-4-3-9-21(10-12)15(23)11-25-17-20-19-16(22(17)18)13-5-7-14(24-2)8-6-13/h5-8,12H,3-4,9-11,18H2,1-2H3/t12-/m1/s1. The number of thioether (sulfide) groups is 1. The summed E-state index contributed by atoms with van der Waals surface area (Å²) >= 11 is 1.32. The Morgan fingerprint density at radius 2 is 2.12 bits per heavy atom. The number of hydrogen-bond acceptors (Lipinski definition) is 6. The van der Waals surface area contributed by atoms with Crippen LogP contribution in [0.15, 0.2) is 29.4 Å². The molecule has 1 aromatic carbocycles. The molecule has 1 atom stereocenters. The van der Waals surface area contributed by atoms with E-state index in [1.54, 1.807) is 7.11 Å². The molecule has 8 heteroatoms. The van der Waals surface area contributed by atoms with Crippen LogP contribution in [0.1, 0.15) is 19.8 Å². The summed E-state index contributed by atoms with van der Waals surface area (Å²) in [6.45, 7) is 3.87. The first-order chi connectivity index (χ1) is 12.1. The number of piperidine rings is 1. The Hall–Kier alpha value is -2.22. The van der Waals surface area contributed by atoms with Crippen molar-refractivity contribution in [3.63, 3.8) is 0 Å². The number of likely N-dealkylation sites (tertiary alicyclic amines) is 1. The van der Waals surface area contributed by atoms with Crippen molar-refractivity contribution in [1.29, 1.82) is 0 Å². The second kappa shape index (κ2) is 7.77. The molecule has 1 aliphatic heterocycles. The molecule has 0 bridgehead atoms. The average molecular weight is 361 g/mol. The summed E-state index contributed by atoms with van der Waals surface area (Å²) in [7, 11) is 1.62. The van der Waals surface area contributed by atoms with E-state index in [1.165, 1.54) is 22.9 Å². The maximum atomic E-state index is 12.4. The Kier molecular flexibility index (Phi) is 5.47. The Balaban J connectivity index is 1.63. The Labute approximate surface area is 151 Å². The number of amides is 1. The molecule has 1 fully saturated rings. The lowest BCUT2D eigenvalue weighted by molar-refractivity contribution is -0.130. The Bertz CT molecular complexity index is 731. The Morgan fingerprint density at radius 3 is 2.80 bits per heavy atom. The number of benzene rings is 1. The van der Waals surface area contributed by atoms with E-state index in [-0.39, 0.29) is 5.91 Å². The van der Waals surface area contributed by atoms with Gasteiger partial charge in [0.1, 0.15) is 5.75 Å². The van der Waals surface area contributed by atoms with E-state index in [2.05, 4.69) is 17.1 Å². The molecule has 1 saturated heterocycles.